The molecule has 0 saturated carbocycles. The highest BCUT2D eigenvalue weighted by Gasteiger charge is 2.23. The summed E-state index contributed by atoms with van der Waals surface area (Å²) in [5, 5.41) is 5.25. The second-order valence-corrected chi connectivity index (χ2v) is 12.8. The maximum absolute atomic E-state index is 5.13. The highest BCUT2D eigenvalue weighted by molar-refractivity contribution is 7.25. The fourth-order valence-electron chi connectivity index (χ4n) is 6.59. The van der Waals surface area contributed by atoms with Crippen molar-refractivity contribution in [2.24, 2.45) is 0 Å². The maximum atomic E-state index is 5.13. The third-order valence-electron chi connectivity index (χ3n) is 9.13. The van der Waals surface area contributed by atoms with E-state index in [0.717, 1.165) is 35.0 Å². The molecule has 3 heterocycles. The summed E-state index contributed by atoms with van der Waals surface area (Å²) < 4.78 is 4.95. The minimum Gasteiger partial charge on any atom is -0.278 e. The van der Waals surface area contributed by atoms with Gasteiger partial charge in [0.2, 0.25) is 5.95 Å². The van der Waals surface area contributed by atoms with Crippen LogP contribution in [0.4, 0.5) is 0 Å². The Bertz CT molecular complexity index is 2370. The molecule has 0 spiro atoms. The fraction of sp³-hybridized carbons (Fsp3) is 0.132. The van der Waals surface area contributed by atoms with Gasteiger partial charge in [-0.15, -0.1) is 11.3 Å². The molecule has 0 aliphatic heterocycles. The topological polar surface area (TPSA) is 43.6 Å². The van der Waals surface area contributed by atoms with Crippen LogP contribution in [0.5, 0.6) is 0 Å². The lowest BCUT2D eigenvalue weighted by Crippen LogP contribution is -2.10. The van der Waals surface area contributed by atoms with Crippen LogP contribution in [-0.2, 0) is 25.7 Å². The van der Waals surface area contributed by atoms with Crippen molar-refractivity contribution in [2.75, 3.05) is 0 Å². The van der Waals surface area contributed by atoms with Crippen molar-refractivity contribution in [2.45, 2.75) is 32.6 Å². The number of rotatable bonds is 5. The van der Waals surface area contributed by atoms with Gasteiger partial charge in [-0.05, 0) is 96.8 Å². The first-order valence-corrected chi connectivity index (χ1v) is 15.7. The molecular formula is C38H28N4S. The van der Waals surface area contributed by atoms with E-state index in [-0.39, 0.29) is 0 Å². The van der Waals surface area contributed by atoms with Gasteiger partial charge in [-0.3, -0.25) is 4.57 Å². The van der Waals surface area contributed by atoms with Crippen LogP contribution in [0.2, 0.25) is 0 Å². The number of thiophene rings is 1. The monoisotopic (exact) mass is 572 g/mol. The molecule has 5 heteroatoms. The number of hydrogen-bond acceptors (Lipinski definition) is 4. The van der Waals surface area contributed by atoms with Gasteiger partial charge in [-0.1, -0.05) is 61.2 Å². The Kier molecular flexibility index (Phi) is 5.35. The lowest BCUT2D eigenvalue weighted by atomic mass is 9.87. The molecule has 0 fully saturated rings. The smallest absolute Gasteiger partial charge is 0.238 e. The van der Waals surface area contributed by atoms with Gasteiger partial charge >= 0.3 is 0 Å². The first kappa shape index (κ1) is 24.7. The normalized spacial score (nSPS) is 14.4. The zero-order valence-electron chi connectivity index (χ0n) is 23.9. The molecule has 0 unspecified atom stereocenters. The Morgan fingerprint density at radius 2 is 1.37 bits per heavy atom. The van der Waals surface area contributed by atoms with Gasteiger partial charge in [0.1, 0.15) is 0 Å². The fourth-order valence-corrected chi connectivity index (χ4v) is 7.76. The van der Waals surface area contributed by atoms with Crippen molar-refractivity contribution in [3.8, 4) is 17.3 Å². The van der Waals surface area contributed by atoms with Crippen molar-refractivity contribution in [1.82, 2.24) is 19.5 Å². The molecule has 0 radical (unpaired) electrons. The van der Waals surface area contributed by atoms with Gasteiger partial charge in [0.15, 0.2) is 11.6 Å². The van der Waals surface area contributed by atoms with Crippen molar-refractivity contribution in [3.05, 3.63) is 126 Å². The van der Waals surface area contributed by atoms with E-state index in [0.29, 0.717) is 17.6 Å². The van der Waals surface area contributed by atoms with Crippen LogP contribution in [-0.4, -0.2) is 19.5 Å². The Labute approximate surface area is 253 Å². The Hall–Kier alpha value is -4.87. The summed E-state index contributed by atoms with van der Waals surface area (Å²) in [6.45, 7) is 5.84. The lowest BCUT2D eigenvalue weighted by molar-refractivity contribution is 0.841. The highest BCUT2D eigenvalue weighted by atomic mass is 32.1. The average molecular weight is 573 g/mol. The van der Waals surface area contributed by atoms with E-state index >= 15 is 0 Å². The number of hydrogen-bond donors (Lipinski definition) is 0. The number of aryl methyl sites for hydroxylation is 4. The van der Waals surface area contributed by atoms with Gasteiger partial charge in [-0.2, -0.15) is 9.97 Å². The summed E-state index contributed by atoms with van der Waals surface area (Å²) in [7, 11) is 0. The van der Waals surface area contributed by atoms with Crippen LogP contribution < -0.4 is 0 Å². The first-order valence-electron chi connectivity index (χ1n) is 14.9. The molecule has 0 atom stereocenters. The molecule has 3 aromatic heterocycles. The van der Waals surface area contributed by atoms with Gasteiger partial charge in [0.05, 0.1) is 11.0 Å². The van der Waals surface area contributed by atoms with Crippen LogP contribution in [0.15, 0.2) is 97.6 Å². The van der Waals surface area contributed by atoms with E-state index in [1.165, 1.54) is 66.0 Å². The zero-order chi connectivity index (χ0) is 28.7. The van der Waals surface area contributed by atoms with Crippen LogP contribution in [0, 0.1) is 0 Å². The van der Waals surface area contributed by atoms with Gasteiger partial charge in [0.25, 0.3) is 0 Å². The molecule has 43 heavy (non-hydrogen) atoms. The van der Waals surface area contributed by atoms with Crippen molar-refractivity contribution in [3.63, 3.8) is 0 Å². The average Bonchev–Trinajstić information content (AvgIpc) is 3.51. The molecule has 0 bridgehead atoms. The van der Waals surface area contributed by atoms with E-state index in [4.69, 9.17) is 15.0 Å². The Balaban J connectivity index is 1.36. The summed E-state index contributed by atoms with van der Waals surface area (Å²) >= 11 is 1.89. The predicted octanol–water partition coefficient (Wildman–Crippen LogP) is 9.35. The number of allylic oxidation sites excluding steroid dienone is 5. The third kappa shape index (κ3) is 3.78. The summed E-state index contributed by atoms with van der Waals surface area (Å²) in [6.07, 6.45) is 12.3. The van der Waals surface area contributed by atoms with Crippen LogP contribution in [0.1, 0.15) is 35.0 Å². The molecule has 2 aliphatic rings. The van der Waals surface area contributed by atoms with Gasteiger partial charge < -0.3 is 0 Å². The minimum atomic E-state index is 0.645. The Morgan fingerprint density at radius 3 is 2.14 bits per heavy atom. The maximum Gasteiger partial charge on any atom is 0.238 e. The molecular weight excluding hydrogens is 545 g/mol. The molecule has 7 aromatic rings. The molecule has 0 saturated heterocycles. The molecule has 0 amide bonds. The van der Waals surface area contributed by atoms with Crippen LogP contribution >= 0.6 is 11.3 Å². The van der Waals surface area contributed by atoms with Gasteiger partial charge in [0, 0.05) is 36.5 Å². The second-order valence-electron chi connectivity index (χ2n) is 11.7. The number of fused-ring (bicyclic) bond motifs is 8. The highest BCUT2D eigenvalue weighted by Crippen LogP contribution is 2.43. The predicted molar refractivity (Wildman–Crippen MR) is 180 cm³/mol. The molecule has 9 rings (SSSR count). The van der Waals surface area contributed by atoms with Crippen LogP contribution in [0.25, 0.3) is 64.9 Å². The first-order chi connectivity index (χ1) is 21.1. The molecule has 0 N–H and O–H groups in total. The van der Waals surface area contributed by atoms with Crippen LogP contribution in [0.3, 0.4) is 0 Å². The third-order valence-corrected chi connectivity index (χ3v) is 10.2. The van der Waals surface area contributed by atoms with E-state index in [1.807, 2.05) is 54.7 Å². The number of nitrogens with zero attached hydrogens (tertiary/aromatic N) is 4. The van der Waals surface area contributed by atoms with Crippen molar-refractivity contribution < 1.29 is 0 Å². The molecule has 4 aromatic carbocycles. The SMILES string of the molecule is C=C/C=C\C=C(/C)c1nc(-c2ccccc2)nc(-n2c3cc4c(cc3c3cc5c(cc32)sc2cc3c(cc25)CC3)CC4)n1. The summed E-state index contributed by atoms with van der Waals surface area (Å²) in [5.41, 5.74) is 10.1. The summed E-state index contributed by atoms with van der Waals surface area (Å²) in [4.78, 5) is 15.2. The van der Waals surface area contributed by atoms with E-state index in [9.17, 15) is 0 Å². The standard InChI is InChI=1S/C38H28N4S/c1-3-4-6-9-22(2)36-39-37(23-10-7-5-8-11-23)41-38(40-36)42-32-18-26-14-12-24(26)16-28(32)29-20-31-30-17-25-13-15-27(25)19-34(30)43-35(31)21-33(29)42/h3-11,16-21H,1,12-15H2,2H3/b6-4-,22-9+. The number of benzene rings is 4. The second kappa shape index (κ2) is 9.32. The minimum absolute atomic E-state index is 0.645. The van der Waals surface area contributed by atoms with Crippen molar-refractivity contribution >= 4 is 58.9 Å². The van der Waals surface area contributed by atoms with E-state index in [1.54, 1.807) is 6.08 Å². The van der Waals surface area contributed by atoms with E-state index in [2.05, 4.69) is 59.7 Å². The largest absolute Gasteiger partial charge is 0.278 e. The zero-order valence-corrected chi connectivity index (χ0v) is 24.7. The van der Waals surface area contributed by atoms with E-state index < -0.39 is 0 Å². The molecule has 2 aliphatic carbocycles. The molecule has 206 valence electrons. The number of aromatic nitrogens is 4. The summed E-state index contributed by atoms with van der Waals surface area (Å²) in [6, 6.07) is 24.6. The molecule has 4 nitrogen and oxygen atoms in total. The van der Waals surface area contributed by atoms with Crippen molar-refractivity contribution in [1.29, 1.82) is 0 Å². The summed E-state index contributed by atoms with van der Waals surface area (Å²) in [5.74, 6) is 1.98. The Morgan fingerprint density at radius 1 is 0.721 bits per heavy atom. The van der Waals surface area contributed by atoms with Gasteiger partial charge in [-0.25, -0.2) is 4.98 Å². The quantitative estimate of drug-likeness (QED) is 0.193. The lowest BCUT2D eigenvalue weighted by Gasteiger charge is -2.19.